The number of carbonyl (C=O) groups excluding carboxylic acids is 1. The van der Waals surface area contributed by atoms with Crippen molar-refractivity contribution in [3.8, 4) is 5.75 Å². The number of hydrogen-bond acceptors (Lipinski definition) is 5. The highest BCUT2D eigenvalue weighted by molar-refractivity contribution is 8.09. The minimum Gasteiger partial charge on any atom is -0.497 e. The van der Waals surface area contributed by atoms with Crippen molar-refractivity contribution < 1.29 is 14.3 Å². The Bertz CT molecular complexity index is 1660. The van der Waals surface area contributed by atoms with Crippen LogP contribution in [0.3, 0.4) is 0 Å². The molecule has 4 aromatic carbocycles. The second kappa shape index (κ2) is 8.45. The van der Waals surface area contributed by atoms with Gasteiger partial charge in [-0.15, -0.1) is 23.5 Å². The zero-order valence-electron chi connectivity index (χ0n) is 22.8. The molecule has 0 radical (unpaired) electrons. The summed E-state index contributed by atoms with van der Waals surface area (Å²) in [6, 6.07) is 27.8. The van der Waals surface area contributed by atoms with Crippen molar-refractivity contribution in [3.63, 3.8) is 0 Å². The molecule has 4 aromatic rings. The minimum absolute atomic E-state index is 0.189. The number of rotatable bonds is 1. The van der Waals surface area contributed by atoms with Crippen LogP contribution in [0, 0.1) is 5.92 Å². The monoisotopic (exact) mass is 553 g/mol. The first-order valence-electron chi connectivity index (χ1n) is 13.4. The van der Waals surface area contributed by atoms with E-state index in [1.165, 1.54) is 21.2 Å². The van der Waals surface area contributed by atoms with Crippen LogP contribution in [0.15, 0.2) is 83.8 Å². The van der Waals surface area contributed by atoms with E-state index in [4.69, 9.17) is 9.47 Å². The Kier molecular flexibility index (Phi) is 5.40. The van der Waals surface area contributed by atoms with Gasteiger partial charge in [0, 0.05) is 16.2 Å². The summed E-state index contributed by atoms with van der Waals surface area (Å²) in [5.41, 5.74) is 4.81. The highest BCUT2D eigenvalue weighted by atomic mass is 32.2. The van der Waals surface area contributed by atoms with Gasteiger partial charge < -0.3 is 9.47 Å². The van der Waals surface area contributed by atoms with E-state index in [-0.39, 0.29) is 15.6 Å². The fourth-order valence-electron chi connectivity index (χ4n) is 6.60. The lowest BCUT2D eigenvalue weighted by Crippen LogP contribution is -2.41. The Morgan fingerprint density at radius 3 is 2.49 bits per heavy atom. The summed E-state index contributed by atoms with van der Waals surface area (Å²) in [7, 11) is 1.70. The van der Waals surface area contributed by atoms with Gasteiger partial charge in [0.15, 0.2) is 0 Å². The SMILES string of the molecule is COc1ccc2c(c1)C1(SC13c1c(ccc4ccccc14)SC[C@@H]3C)c1ccccc1N2C(=O)OC(C)(C)C. The van der Waals surface area contributed by atoms with Crippen LogP contribution < -0.4 is 9.64 Å². The lowest BCUT2D eigenvalue weighted by molar-refractivity contribution is 0.0597. The number of benzene rings is 4. The van der Waals surface area contributed by atoms with E-state index in [2.05, 4.69) is 67.6 Å². The third-order valence-electron chi connectivity index (χ3n) is 8.16. The molecule has 1 amide bonds. The zero-order chi connectivity index (χ0) is 27.2. The van der Waals surface area contributed by atoms with Crippen molar-refractivity contribution in [1.29, 1.82) is 0 Å². The van der Waals surface area contributed by atoms with Crippen molar-refractivity contribution in [1.82, 2.24) is 0 Å². The van der Waals surface area contributed by atoms with Crippen LogP contribution in [0.4, 0.5) is 16.2 Å². The van der Waals surface area contributed by atoms with E-state index in [1.807, 2.05) is 62.5 Å². The quantitative estimate of drug-likeness (QED) is 0.220. The fraction of sp³-hybridized carbons (Fsp3) is 0.303. The summed E-state index contributed by atoms with van der Waals surface area (Å²) in [5, 5.41) is 2.58. The van der Waals surface area contributed by atoms with Gasteiger partial charge in [-0.2, -0.15) is 0 Å². The first kappa shape index (κ1) is 24.9. The molecule has 0 aromatic heterocycles. The van der Waals surface area contributed by atoms with Gasteiger partial charge in [-0.05, 0) is 78.9 Å². The number of carbonyl (C=O) groups is 1. The predicted molar refractivity (Wildman–Crippen MR) is 162 cm³/mol. The Labute approximate surface area is 238 Å². The summed E-state index contributed by atoms with van der Waals surface area (Å²) in [6.45, 7) is 8.12. The number of para-hydroxylation sites is 1. The number of fused-ring (bicyclic) bond motifs is 9. The molecule has 2 unspecified atom stereocenters. The lowest BCUT2D eigenvalue weighted by Gasteiger charge is -2.41. The highest BCUT2D eigenvalue weighted by Crippen LogP contribution is 2.86. The molecule has 39 heavy (non-hydrogen) atoms. The molecule has 3 aliphatic rings. The molecule has 0 aliphatic carbocycles. The van der Waals surface area contributed by atoms with Crippen LogP contribution in [-0.4, -0.2) is 24.6 Å². The van der Waals surface area contributed by atoms with Gasteiger partial charge in [-0.25, -0.2) is 9.69 Å². The summed E-state index contributed by atoms with van der Waals surface area (Å²) < 4.78 is 11.2. The summed E-state index contributed by atoms with van der Waals surface area (Å²) >= 11 is 3.99. The second-order valence-corrected chi connectivity index (χ2v) is 14.1. The molecule has 198 valence electrons. The van der Waals surface area contributed by atoms with Crippen molar-refractivity contribution >= 4 is 51.8 Å². The van der Waals surface area contributed by atoms with Gasteiger partial charge in [-0.1, -0.05) is 55.5 Å². The van der Waals surface area contributed by atoms with Gasteiger partial charge in [-0.3, -0.25) is 0 Å². The molecule has 1 saturated heterocycles. The number of methoxy groups -OCH3 is 1. The van der Waals surface area contributed by atoms with Crippen LogP contribution in [0.2, 0.25) is 0 Å². The van der Waals surface area contributed by atoms with E-state index in [1.54, 1.807) is 12.0 Å². The van der Waals surface area contributed by atoms with Crippen molar-refractivity contribution in [3.05, 3.63) is 95.6 Å². The van der Waals surface area contributed by atoms with Crippen LogP contribution in [-0.2, 0) is 14.2 Å². The maximum absolute atomic E-state index is 13.8. The van der Waals surface area contributed by atoms with Crippen LogP contribution in [0.1, 0.15) is 44.4 Å². The molecule has 0 bridgehead atoms. The van der Waals surface area contributed by atoms with Crippen LogP contribution >= 0.6 is 23.5 Å². The van der Waals surface area contributed by atoms with E-state index >= 15 is 0 Å². The third-order valence-corrected chi connectivity index (χ3v) is 11.6. The smallest absolute Gasteiger partial charge is 0.419 e. The molecule has 1 fully saturated rings. The van der Waals surface area contributed by atoms with Gasteiger partial charge >= 0.3 is 6.09 Å². The topological polar surface area (TPSA) is 38.8 Å². The molecule has 0 N–H and O–H groups in total. The molecule has 4 nitrogen and oxygen atoms in total. The van der Waals surface area contributed by atoms with Gasteiger partial charge in [0.1, 0.15) is 11.4 Å². The van der Waals surface area contributed by atoms with E-state index in [0.29, 0.717) is 5.92 Å². The van der Waals surface area contributed by atoms with Crippen molar-refractivity contribution in [2.75, 3.05) is 17.8 Å². The average Bonchev–Trinajstić information content (AvgIpc) is 3.60. The Balaban J connectivity index is 1.54. The number of anilines is 2. The van der Waals surface area contributed by atoms with Crippen molar-refractivity contribution in [2.24, 2.45) is 5.92 Å². The Morgan fingerprint density at radius 1 is 0.949 bits per heavy atom. The summed E-state index contributed by atoms with van der Waals surface area (Å²) in [4.78, 5) is 16.9. The molecule has 3 aliphatic heterocycles. The first-order valence-corrected chi connectivity index (χ1v) is 15.2. The van der Waals surface area contributed by atoms with E-state index in [9.17, 15) is 4.79 Å². The standard InChI is InChI=1S/C33H31NO3S2/c1-20-19-38-28-17-14-21-10-6-7-11-23(21)29(28)32(20)33(39-32)24-12-8-9-13-26(24)34(30(35)37-31(2,3)4)27-16-15-22(36-5)18-25(27)33/h6-18,20H,19H2,1-5H3/t20-,32?,33?/m0/s1. The predicted octanol–water partition coefficient (Wildman–Crippen LogP) is 8.86. The number of nitrogens with zero attached hydrogens (tertiary/aromatic N) is 1. The summed E-state index contributed by atoms with van der Waals surface area (Å²) in [5.74, 6) is 2.22. The van der Waals surface area contributed by atoms with Gasteiger partial charge in [0.25, 0.3) is 0 Å². The maximum atomic E-state index is 13.8. The Hall–Kier alpha value is -3.09. The highest BCUT2D eigenvalue weighted by Gasteiger charge is 2.77. The van der Waals surface area contributed by atoms with E-state index < -0.39 is 5.60 Å². The second-order valence-electron chi connectivity index (χ2n) is 11.6. The molecule has 7 rings (SSSR count). The maximum Gasteiger partial charge on any atom is 0.419 e. The number of amides is 1. The molecular weight excluding hydrogens is 523 g/mol. The summed E-state index contributed by atoms with van der Waals surface area (Å²) in [6.07, 6.45) is -0.367. The van der Waals surface area contributed by atoms with Crippen LogP contribution in [0.25, 0.3) is 10.8 Å². The fourth-order valence-corrected chi connectivity index (χ4v) is 10.1. The normalized spacial score (nSPS) is 24.7. The number of thioether (sulfide) groups is 2. The average molecular weight is 554 g/mol. The lowest BCUT2D eigenvalue weighted by atomic mass is 9.68. The third kappa shape index (κ3) is 3.37. The Morgan fingerprint density at radius 2 is 1.69 bits per heavy atom. The van der Waals surface area contributed by atoms with Crippen molar-refractivity contribution in [2.45, 2.75) is 47.7 Å². The minimum atomic E-state index is -0.615. The molecule has 0 saturated carbocycles. The number of hydrogen-bond donors (Lipinski definition) is 0. The molecular formula is C33H31NO3S2. The number of ether oxygens (including phenoxy) is 2. The van der Waals surface area contributed by atoms with Gasteiger partial charge in [0.05, 0.1) is 28.0 Å². The largest absolute Gasteiger partial charge is 0.497 e. The molecule has 6 heteroatoms. The first-order chi connectivity index (χ1) is 18.7. The zero-order valence-corrected chi connectivity index (χ0v) is 24.4. The molecule has 3 heterocycles. The molecule has 2 spiro atoms. The van der Waals surface area contributed by atoms with Crippen LogP contribution in [0.5, 0.6) is 5.75 Å². The molecule has 3 atom stereocenters. The van der Waals surface area contributed by atoms with Gasteiger partial charge in [0.2, 0.25) is 0 Å². The van der Waals surface area contributed by atoms with E-state index in [0.717, 1.165) is 34.0 Å².